The van der Waals surface area contributed by atoms with Crippen molar-refractivity contribution in [2.24, 2.45) is 5.73 Å². The summed E-state index contributed by atoms with van der Waals surface area (Å²) in [5.41, 5.74) is 9.34. The average Bonchev–Trinajstić information content (AvgIpc) is 2.35. The molecular formula is C15H24N2O2. The maximum Gasteiger partial charge on any atom is 0.321 e. The second-order valence-electron chi connectivity index (χ2n) is 5.24. The molecule has 0 aliphatic heterocycles. The lowest BCUT2D eigenvalue weighted by Crippen LogP contribution is -2.40. The highest BCUT2D eigenvalue weighted by atomic mass is 16.4. The quantitative estimate of drug-likeness (QED) is 0.655. The summed E-state index contributed by atoms with van der Waals surface area (Å²) in [6.45, 7) is 7.50. The minimum atomic E-state index is -0.967. The summed E-state index contributed by atoms with van der Waals surface area (Å²) in [6, 6.07) is 5.71. The van der Waals surface area contributed by atoms with E-state index in [0.29, 0.717) is 12.5 Å². The van der Waals surface area contributed by atoms with Gasteiger partial charge in [0, 0.05) is 6.54 Å². The highest BCUT2D eigenvalue weighted by molar-refractivity contribution is 5.73. The smallest absolute Gasteiger partial charge is 0.321 e. The lowest BCUT2D eigenvalue weighted by Gasteiger charge is -2.12. The molecule has 4 nitrogen and oxygen atoms in total. The number of carbonyl (C=O) groups is 1. The number of hydrogen-bond acceptors (Lipinski definition) is 3. The third kappa shape index (κ3) is 5.01. The largest absolute Gasteiger partial charge is 0.480 e. The molecule has 0 heterocycles. The molecule has 0 fully saturated rings. The van der Waals surface area contributed by atoms with E-state index < -0.39 is 12.0 Å². The minimum absolute atomic E-state index is 0.304. The van der Waals surface area contributed by atoms with Crippen LogP contribution in [0.15, 0.2) is 18.2 Å². The van der Waals surface area contributed by atoms with Crippen LogP contribution in [0.3, 0.4) is 0 Å². The van der Waals surface area contributed by atoms with Crippen LogP contribution in [0.4, 0.5) is 0 Å². The molecule has 1 atom stereocenters. The molecule has 0 saturated heterocycles. The lowest BCUT2D eigenvalue weighted by molar-refractivity contribution is -0.138. The maximum atomic E-state index is 10.6. The summed E-state index contributed by atoms with van der Waals surface area (Å²) in [5, 5.41) is 11.8. The highest BCUT2D eigenvalue weighted by Gasteiger charge is 2.10. The zero-order chi connectivity index (χ0) is 14.4. The van der Waals surface area contributed by atoms with Crippen molar-refractivity contribution in [1.82, 2.24) is 5.32 Å². The Morgan fingerprint density at radius 3 is 2.68 bits per heavy atom. The second kappa shape index (κ2) is 7.26. The molecule has 1 unspecified atom stereocenters. The van der Waals surface area contributed by atoms with Crippen molar-refractivity contribution < 1.29 is 9.90 Å². The van der Waals surface area contributed by atoms with E-state index in [1.807, 2.05) is 0 Å². The number of carboxylic acids is 1. The zero-order valence-corrected chi connectivity index (χ0v) is 11.9. The SMILES string of the molecule is Cc1ccc(C(C)C)cc1CCNCC(N)C(=O)O. The molecule has 106 valence electrons. The fourth-order valence-corrected chi connectivity index (χ4v) is 1.89. The van der Waals surface area contributed by atoms with E-state index in [4.69, 9.17) is 10.8 Å². The molecule has 0 amide bonds. The van der Waals surface area contributed by atoms with Gasteiger partial charge in [-0.1, -0.05) is 32.0 Å². The molecule has 19 heavy (non-hydrogen) atoms. The molecule has 1 aromatic rings. The zero-order valence-electron chi connectivity index (χ0n) is 11.9. The summed E-state index contributed by atoms with van der Waals surface area (Å²) >= 11 is 0. The topological polar surface area (TPSA) is 75.3 Å². The van der Waals surface area contributed by atoms with E-state index >= 15 is 0 Å². The van der Waals surface area contributed by atoms with Gasteiger partial charge in [-0.3, -0.25) is 4.79 Å². The van der Waals surface area contributed by atoms with E-state index in [9.17, 15) is 4.79 Å². The van der Waals surface area contributed by atoms with Crippen molar-refractivity contribution >= 4 is 5.97 Å². The number of aryl methyl sites for hydroxylation is 1. The fraction of sp³-hybridized carbons (Fsp3) is 0.533. The van der Waals surface area contributed by atoms with Crippen LogP contribution in [0.5, 0.6) is 0 Å². The minimum Gasteiger partial charge on any atom is -0.480 e. The molecule has 1 rings (SSSR count). The van der Waals surface area contributed by atoms with Gasteiger partial charge in [0.15, 0.2) is 0 Å². The Morgan fingerprint density at radius 1 is 1.42 bits per heavy atom. The standard InChI is InChI=1S/C15H24N2O2/c1-10(2)12-5-4-11(3)13(8-12)6-7-17-9-14(16)15(18)19/h4-5,8,10,14,17H,6-7,9,16H2,1-3H3,(H,18,19). The van der Waals surface area contributed by atoms with E-state index in [1.165, 1.54) is 16.7 Å². The van der Waals surface area contributed by atoms with Gasteiger partial charge in [0.05, 0.1) is 0 Å². The summed E-state index contributed by atoms with van der Waals surface area (Å²) < 4.78 is 0. The van der Waals surface area contributed by atoms with E-state index in [0.717, 1.165) is 13.0 Å². The summed E-state index contributed by atoms with van der Waals surface area (Å²) in [4.78, 5) is 10.6. The van der Waals surface area contributed by atoms with Crippen LogP contribution in [-0.4, -0.2) is 30.2 Å². The number of nitrogens with two attached hydrogens (primary N) is 1. The Hall–Kier alpha value is -1.39. The summed E-state index contributed by atoms with van der Waals surface area (Å²) in [5.74, 6) is -0.446. The fourth-order valence-electron chi connectivity index (χ4n) is 1.89. The Balaban J connectivity index is 2.49. The maximum absolute atomic E-state index is 10.6. The first-order valence-corrected chi connectivity index (χ1v) is 6.70. The third-order valence-electron chi connectivity index (χ3n) is 3.29. The molecule has 4 heteroatoms. The number of hydrogen-bond donors (Lipinski definition) is 3. The monoisotopic (exact) mass is 264 g/mol. The van der Waals surface area contributed by atoms with Crippen LogP contribution in [0.1, 0.15) is 36.5 Å². The molecular weight excluding hydrogens is 240 g/mol. The van der Waals surface area contributed by atoms with Crippen molar-refractivity contribution in [2.75, 3.05) is 13.1 Å². The predicted octanol–water partition coefficient (Wildman–Crippen LogP) is 1.66. The summed E-state index contributed by atoms with van der Waals surface area (Å²) in [6.07, 6.45) is 0.888. The van der Waals surface area contributed by atoms with Crippen LogP contribution in [0.2, 0.25) is 0 Å². The van der Waals surface area contributed by atoms with Crippen molar-refractivity contribution in [3.63, 3.8) is 0 Å². The normalized spacial score (nSPS) is 12.7. The van der Waals surface area contributed by atoms with Gasteiger partial charge < -0.3 is 16.2 Å². The van der Waals surface area contributed by atoms with Crippen LogP contribution in [0.25, 0.3) is 0 Å². The third-order valence-corrected chi connectivity index (χ3v) is 3.29. The lowest BCUT2D eigenvalue weighted by atomic mass is 9.96. The molecule has 0 spiro atoms. The average molecular weight is 264 g/mol. The van der Waals surface area contributed by atoms with Crippen LogP contribution >= 0.6 is 0 Å². The van der Waals surface area contributed by atoms with Gasteiger partial charge in [-0.2, -0.15) is 0 Å². The molecule has 1 aromatic carbocycles. The summed E-state index contributed by atoms with van der Waals surface area (Å²) in [7, 11) is 0. The second-order valence-corrected chi connectivity index (χ2v) is 5.24. The van der Waals surface area contributed by atoms with Crippen molar-refractivity contribution in [3.8, 4) is 0 Å². The predicted molar refractivity (Wildman–Crippen MR) is 77.5 cm³/mol. The van der Waals surface area contributed by atoms with E-state index in [2.05, 4.69) is 44.3 Å². The van der Waals surface area contributed by atoms with Gasteiger partial charge in [0.25, 0.3) is 0 Å². The first-order valence-electron chi connectivity index (χ1n) is 6.70. The van der Waals surface area contributed by atoms with Gasteiger partial charge in [0.2, 0.25) is 0 Å². The van der Waals surface area contributed by atoms with Crippen molar-refractivity contribution in [3.05, 3.63) is 34.9 Å². The Labute approximate surface area is 115 Å². The molecule has 0 aliphatic rings. The molecule has 0 aliphatic carbocycles. The number of rotatable bonds is 7. The molecule has 0 saturated carbocycles. The van der Waals surface area contributed by atoms with Crippen molar-refractivity contribution in [2.45, 2.75) is 39.2 Å². The number of benzene rings is 1. The Kier molecular flexibility index (Phi) is 5.99. The molecule has 4 N–H and O–H groups in total. The number of aliphatic carboxylic acids is 1. The number of carboxylic acid groups (broad SMARTS) is 1. The molecule has 0 bridgehead atoms. The van der Waals surface area contributed by atoms with Crippen LogP contribution in [-0.2, 0) is 11.2 Å². The Bertz CT molecular complexity index is 430. The number of nitrogens with one attached hydrogen (secondary N) is 1. The van der Waals surface area contributed by atoms with Gasteiger partial charge >= 0.3 is 5.97 Å². The van der Waals surface area contributed by atoms with E-state index in [1.54, 1.807) is 0 Å². The van der Waals surface area contributed by atoms with Gasteiger partial charge in [0.1, 0.15) is 6.04 Å². The highest BCUT2D eigenvalue weighted by Crippen LogP contribution is 2.18. The Morgan fingerprint density at radius 2 is 2.11 bits per heavy atom. The van der Waals surface area contributed by atoms with Gasteiger partial charge in [-0.05, 0) is 42.5 Å². The molecule has 0 aromatic heterocycles. The first-order chi connectivity index (χ1) is 8.91. The van der Waals surface area contributed by atoms with Gasteiger partial charge in [-0.15, -0.1) is 0 Å². The van der Waals surface area contributed by atoms with Crippen LogP contribution in [0, 0.1) is 6.92 Å². The van der Waals surface area contributed by atoms with E-state index in [-0.39, 0.29) is 0 Å². The van der Waals surface area contributed by atoms with Crippen LogP contribution < -0.4 is 11.1 Å². The van der Waals surface area contributed by atoms with Gasteiger partial charge in [-0.25, -0.2) is 0 Å². The first kappa shape index (κ1) is 15.7. The molecule has 0 radical (unpaired) electrons. The van der Waals surface area contributed by atoms with Crippen molar-refractivity contribution in [1.29, 1.82) is 0 Å².